The number of hydrogen-bond acceptors (Lipinski definition) is 3. The largest absolute Gasteiger partial charge is 0.478 e. The Morgan fingerprint density at radius 3 is 2.36 bits per heavy atom. The molecule has 1 aliphatic carbocycles. The second kappa shape index (κ2) is 7.76. The highest BCUT2D eigenvalue weighted by Gasteiger charge is 2.42. The summed E-state index contributed by atoms with van der Waals surface area (Å²) in [6.07, 6.45) is 2.56. The zero-order chi connectivity index (χ0) is 19.7. The number of amides is 1. The topological polar surface area (TPSA) is 32.8 Å². The summed E-state index contributed by atoms with van der Waals surface area (Å²) in [5.74, 6) is 0.669. The molecule has 2 aliphatic rings. The fourth-order valence-electron chi connectivity index (χ4n) is 3.97. The Hall–Kier alpha value is -2.04. The molecule has 1 saturated carbocycles. The molecule has 1 unspecified atom stereocenters. The van der Waals surface area contributed by atoms with Gasteiger partial charge in [-0.25, -0.2) is 0 Å². The first kappa shape index (κ1) is 19.3. The number of halogens is 1. The van der Waals surface area contributed by atoms with Crippen LogP contribution in [0.15, 0.2) is 54.6 Å². The molecule has 0 N–H and O–H groups in total. The van der Waals surface area contributed by atoms with Crippen molar-refractivity contribution in [3.63, 3.8) is 0 Å². The first-order valence-corrected chi connectivity index (χ1v) is 10.4. The molecule has 0 aromatic heterocycles. The summed E-state index contributed by atoms with van der Waals surface area (Å²) in [5.41, 5.74) is 0.228. The Morgan fingerprint density at radius 2 is 1.71 bits per heavy atom. The number of carbonyl (C=O) groups is 1. The van der Waals surface area contributed by atoms with Gasteiger partial charge in [0, 0.05) is 30.7 Å². The van der Waals surface area contributed by atoms with Crippen molar-refractivity contribution in [2.75, 3.05) is 19.6 Å². The van der Waals surface area contributed by atoms with Gasteiger partial charge in [-0.2, -0.15) is 0 Å². The SMILES string of the molecule is CC(C)(Oc1ccc(Cl)cc1)C(=O)N1CCN(C2CC2)CC1c1ccccc1. The Morgan fingerprint density at radius 1 is 1.04 bits per heavy atom. The van der Waals surface area contributed by atoms with E-state index in [0.29, 0.717) is 16.8 Å². The van der Waals surface area contributed by atoms with E-state index in [0.717, 1.165) is 19.6 Å². The van der Waals surface area contributed by atoms with Crippen LogP contribution in [0, 0.1) is 0 Å². The van der Waals surface area contributed by atoms with Gasteiger partial charge < -0.3 is 9.64 Å². The van der Waals surface area contributed by atoms with Crippen LogP contribution in [0.4, 0.5) is 0 Å². The zero-order valence-corrected chi connectivity index (χ0v) is 17.2. The number of benzene rings is 2. The van der Waals surface area contributed by atoms with E-state index in [1.807, 2.05) is 36.9 Å². The molecular weight excluding hydrogens is 372 g/mol. The predicted molar refractivity (Wildman–Crippen MR) is 112 cm³/mol. The van der Waals surface area contributed by atoms with E-state index in [-0.39, 0.29) is 11.9 Å². The third-order valence-corrected chi connectivity index (χ3v) is 5.87. The van der Waals surface area contributed by atoms with Crippen molar-refractivity contribution in [2.24, 2.45) is 0 Å². The number of piperazine rings is 1. The molecule has 2 fully saturated rings. The van der Waals surface area contributed by atoms with Crippen molar-refractivity contribution in [2.45, 2.75) is 44.4 Å². The van der Waals surface area contributed by atoms with Crippen molar-refractivity contribution in [1.29, 1.82) is 0 Å². The Labute approximate surface area is 172 Å². The van der Waals surface area contributed by atoms with Crippen molar-refractivity contribution in [3.8, 4) is 5.75 Å². The number of nitrogens with zero attached hydrogens (tertiary/aromatic N) is 2. The highest BCUT2D eigenvalue weighted by molar-refractivity contribution is 6.30. The molecule has 4 nitrogen and oxygen atoms in total. The standard InChI is InChI=1S/C23H27ClN2O2/c1-23(2,28-20-12-8-18(24)9-13-20)22(27)26-15-14-25(19-10-11-19)16-21(26)17-6-4-3-5-7-17/h3-9,12-13,19,21H,10-11,14-16H2,1-2H3. The third-order valence-electron chi connectivity index (χ3n) is 5.62. The minimum Gasteiger partial charge on any atom is -0.478 e. The van der Waals surface area contributed by atoms with Gasteiger partial charge in [0.25, 0.3) is 5.91 Å². The molecule has 2 aromatic carbocycles. The molecule has 1 heterocycles. The molecule has 1 aliphatic heterocycles. The molecule has 2 aromatic rings. The highest BCUT2D eigenvalue weighted by atomic mass is 35.5. The summed E-state index contributed by atoms with van der Waals surface area (Å²) < 4.78 is 6.08. The first-order chi connectivity index (χ1) is 13.4. The maximum absolute atomic E-state index is 13.5. The van der Waals surface area contributed by atoms with Gasteiger partial charge in [0.05, 0.1) is 6.04 Å². The van der Waals surface area contributed by atoms with Crippen LogP contribution in [0.1, 0.15) is 38.3 Å². The van der Waals surface area contributed by atoms with E-state index in [9.17, 15) is 4.79 Å². The quantitative estimate of drug-likeness (QED) is 0.740. The molecule has 4 rings (SSSR count). The fourth-order valence-corrected chi connectivity index (χ4v) is 4.09. The van der Waals surface area contributed by atoms with Gasteiger partial charge in [0.1, 0.15) is 5.75 Å². The maximum atomic E-state index is 13.5. The normalized spacial score (nSPS) is 20.8. The highest BCUT2D eigenvalue weighted by Crippen LogP contribution is 2.35. The number of rotatable bonds is 5. The summed E-state index contributed by atoms with van der Waals surface area (Å²) >= 11 is 5.96. The minimum absolute atomic E-state index is 0.0201. The van der Waals surface area contributed by atoms with E-state index in [1.54, 1.807) is 24.3 Å². The monoisotopic (exact) mass is 398 g/mol. The lowest BCUT2D eigenvalue weighted by atomic mass is 9.98. The van der Waals surface area contributed by atoms with Crippen molar-refractivity contribution in [3.05, 3.63) is 65.2 Å². The van der Waals surface area contributed by atoms with Gasteiger partial charge in [-0.15, -0.1) is 0 Å². The predicted octanol–water partition coefficient (Wildman–Crippen LogP) is 4.55. The fraction of sp³-hybridized carbons (Fsp3) is 0.435. The number of carbonyl (C=O) groups excluding carboxylic acids is 1. The van der Waals surface area contributed by atoms with Crippen LogP contribution in [0.5, 0.6) is 5.75 Å². The van der Waals surface area contributed by atoms with E-state index < -0.39 is 5.60 Å². The molecule has 1 atom stereocenters. The maximum Gasteiger partial charge on any atom is 0.266 e. The summed E-state index contributed by atoms with van der Waals surface area (Å²) in [7, 11) is 0. The zero-order valence-electron chi connectivity index (χ0n) is 16.5. The van der Waals surface area contributed by atoms with Gasteiger partial charge in [0.15, 0.2) is 5.60 Å². The van der Waals surface area contributed by atoms with Crippen LogP contribution in [0.25, 0.3) is 0 Å². The molecule has 0 spiro atoms. The van der Waals surface area contributed by atoms with E-state index in [4.69, 9.17) is 16.3 Å². The molecular formula is C23H27ClN2O2. The molecule has 0 radical (unpaired) electrons. The van der Waals surface area contributed by atoms with E-state index in [2.05, 4.69) is 17.0 Å². The number of hydrogen-bond donors (Lipinski definition) is 0. The molecule has 148 valence electrons. The molecule has 1 amide bonds. The van der Waals surface area contributed by atoms with Gasteiger partial charge in [0.2, 0.25) is 0 Å². The first-order valence-electron chi connectivity index (χ1n) is 9.99. The summed E-state index contributed by atoms with van der Waals surface area (Å²) in [5, 5.41) is 0.650. The second-order valence-corrected chi connectivity index (χ2v) is 8.65. The Bertz CT molecular complexity index is 818. The van der Waals surface area contributed by atoms with Crippen LogP contribution >= 0.6 is 11.6 Å². The summed E-state index contributed by atoms with van der Waals surface area (Å²) in [6.45, 7) is 6.23. The van der Waals surface area contributed by atoms with Crippen molar-refractivity contribution in [1.82, 2.24) is 9.80 Å². The van der Waals surface area contributed by atoms with E-state index >= 15 is 0 Å². The van der Waals surface area contributed by atoms with Crippen LogP contribution < -0.4 is 4.74 Å². The smallest absolute Gasteiger partial charge is 0.266 e. The van der Waals surface area contributed by atoms with Gasteiger partial charge >= 0.3 is 0 Å². The second-order valence-electron chi connectivity index (χ2n) is 8.22. The lowest BCUT2D eigenvalue weighted by molar-refractivity contribution is -0.151. The molecule has 0 bridgehead atoms. The van der Waals surface area contributed by atoms with Crippen LogP contribution in [0.3, 0.4) is 0 Å². The molecule has 1 saturated heterocycles. The van der Waals surface area contributed by atoms with E-state index in [1.165, 1.54) is 18.4 Å². The van der Waals surface area contributed by atoms with Crippen molar-refractivity contribution < 1.29 is 9.53 Å². The van der Waals surface area contributed by atoms with Crippen LogP contribution in [0.2, 0.25) is 5.02 Å². The average molecular weight is 399 g/mol. The molecule has 5 heteroatoms. The number of ether oxygens (including phenoxy) is 1. The lowest BCUT2D eigenvalue weighted by Crippen LogP contribution is -2.57. The molecule has 28 heavy (non-hydrogen) atoms. The van der Waals surface area contributed by atoms with Gasteiger partial charge in [-0.05, 0) is 56.5 Å². The van der Waals surface area contributed by atoms with Gasteiger partial charge in [-0.3, -0.25) is 9.69 Å². The Balaban J connectivity index is 1.55. The van der Waals surface area contributed by atoms with Crippen molar-refractivity contribution >= 4 is 17.5 Å². The lowest BCUT2D eigenvalue weighted by Gasteiger charge is -2.44. The average Bonchev–Trinajstić information content (AvgIpc) is 3.55. The van der Waals surface area contributed by atoms with Crippen LogP contribution in [-0.4, -0.2) is 47.0 Å². The van der Waals surface area contributed by atoms with Crippen LogP contribution in [-0.2, 0) is 4.79 Å². The third kappa shape index (κ3) is 4.18. The summed E-state index contributed by atoms with van der Waals surface area (Å²) in [6, 6.07) is 18.3. The minimum atomic E-state index is -0.956. The Kier molecular flexibility index (Phi) is 5.35. The summed E-state index contributed by atoms with van der Waals surface area (Å²) in [4.78, 5) is 18.1. The van der Waals surface area contributed by atoms with Gasteiger partial charge in [-0.1, -0.05) is 41.9 Å².